The van der Waals surface area contributed by atoms with Crippen LogP contribution in [-0.2, 0) is 30.4 Å². The molecule has 0 amide bonds. The Morgan fingerprint density at radius 1 is 0.448 bits per heavy atom. The van der Waals surface area contributed by atoms with Crippen LogP contribution in [0.2, 0.25) is 0 Å². The number of rotatable bonds is 24. The van der Waals surface area contributed by atoms with Crippen LogP contribution < -0.4 is 0 Å². The van der Waals surface area contributed by atoms with Gasteiger partial charge in [-0.25, -0.2) is 0 Å². The summed E-state index contributed by atoms with van der Waals surface area (Å²) in [7, 11) is -1.90. The normalized spacial score (nSPS) is 10.8. The van der Waals surface area contributed by atoms with Crippen LogP contribution in [0.1, 0.15) is 142 Å². The molecule has 0 aromatic rings. The molecule has 5 heteroatoms. The summed E-state index contributed by atoms with van der Waals surface area (Å²) in [5.41, 5.74) is 0. The Morgan fingerprint density at radius 2 is 0.690 bits per heavy atom. The fourth-order valence-electron chi connectivity index (χ4n) is 3.49. The van der Waals surface area contributed by atoms with Crippen molar-refractivity contribution in [3.8, 4) is 0 Å². The van der Waals surface area contributed by atoms with Crippen LogP contribution in [0.25, 0.3) is 0 Å². The van der Waals surface area contributed by atoms with Crippen molar-refractivity contribution in [1.29, 1.82) is 0 Å². The fraction of sp³-hybridized carbons (Fsp3) is 1.00. The summed E-state index contributed by atoms with van der Waals surface area (Å²) >= 11 is 0. The molecule has 0 heterocycles. The molecule has 0 atom stereocenters. The SMILES string of the molecule is CCCCCCCCCCCCO[P+](=O)OCCCCCCCCCCCC.[Co+3]. The molecule has 174 valence electrons. The molecule has 0 aliphatic rings. The maximum Gasteiger partial charge on any atom is 3.00 e. The molecule has 0 spiro atoms. The largest absolute Gasteiger partial charge is 3.00 e. The first-order valence-corrected chi connectivity index (χ1v) is 13.6. The average molecular weight is 477 g/mol. The Morgan fingerprint density at radius 3 is 0.966 bits per heavy atom. The van der Waals surface area contributed by atoms with E-state index in [0.717, 1.165) is 12.8 Å². The predicted molar refractivity (Wildman–Crippen MR) is 123 cm³/mol. The first-order valence-electron chi connectivity index (χ1n) is 12.5. The second kappa shape index (κ2) is 28.5. The van der Waals surface area contributed by atoms with Crippen LogP contribution in [0.3, 0.4) is 0 Å². The molecular formula is C24H50CoO3P+4. The van der Waals surface area contributed by atoms with Gasteiger partial charge in [0.05, 0.1) is 0 Å². The van der Waals surface area contributed by atoms with Crippen LogP contribution in [0.5, 0.6) is 0 Å². The average Bonchev–Trinajstić information content (AvgIpc) is 2.70. The van der Waals surface area contributed by atoms with E-state index >= 15 is 0 Å². The quantitative estimate of drug-likeness (QED) is 0.103. The number of unbranched alkanes of at least 4 members (excludes halogenated alkanes) is 18. The molecule has 0 saturated heterocycles. The predicted octanol–water partition coefficient (Wildman–Crippen LogP) is 9.52. The van der Waals surface area contributed by atoms with E-state index in [1.807, 2.05) is 0 Å². The zero-order valence-electron chi connectivity index (χ0n) is 19.6. The van der Waals surface area contributed by atoms with Crippen LogP contribution in [-0.4, -0.2) is 13.2 Å². The Kier molecular flexibility index (Phi) is 31.2. The van der Waals surface area contributed by atoms with E-state index < -0.39 is 8.25 Å². The van der Waals surface area contributed by atoms with Crippen molar-refractivity contribution in [2.45, 2.75) is 142 Å². The molecule has 0 aromatic carbocycles. The van der Waals surface area contributed by atoms with Gasteiger partial charge in [-0.15, -0.1) is 9.05 Å². The van der Waals surface area contributed by atoms with E-state index in [9.17, 15) is 4.57 Å². The maximum absolute atomic E-state index is 11.7. The minimum Gasteiger partial charge on any atom is -0.119 e. The van der Waals surface area contributed by atoms with Gasteiger partial charge in [-0.3, -0.25) is 0 Å². The summed E-state index contributed by atoms with van der Waals surface area (Å²) in [4.78, 5) is 0. The van der Waals surface area contributed by atoms with Crippen LogP contribution in [0, 0.1) is 0 Å². The van der Waals surface area contributed by atoms with Crippen molar-refractivity contribution in [2.75, 3.05) is 13.2 Å². The Hall–Kier alpha value is 0.526. The van der Waals surface area contributed by atoms with E-state index in [4.69, 9.17) is 9.05 Å². The van der Waals surface area contributed by atoms with Crippen molar-refractivity contribution in [2.24, 2.45) is 0 Å². The monoisotopic (exact) mass is 476 g/mol. The van der Waals surface area contributed by atoms with Gasteiger partial charge in [-0.05, 0) is 12.8 Å². The molecule has 29 heavy (non-hydrogen) atoms. The number of hydrogen-bond donors (Lipinski definition) is 0. The van der Waals surface area contributed by atoms with Gasteiger partial charge in [0, 0.05) is 4.57 Å². The van der Waals surface area contributed by atoms with Gasteiger partial charge in [0.2, 0.25) is 0 Å². The standard InChI is InChI=1S/C24H50O3P.Co/c1-3-5-7-9-11-13-15-17-19-21-23-26-28(25)27-24-22-20-18-16-14-12-10-8-6-4-2;/h3-24H2,1-2H3;/q+1;+3. The van der Waals surface area contributed by atoms with E-state index in [-0.39, 0.29) is 16.8 Å². The molecule has 0 fully saturated rings. The van der Waals surface area contributed by atoms with Crippen LogP contribution >= 0.6 is 8.25 Å². The first kappa shape index (κ1) is 31.7. The summed E-state index contributed by atoms with van der Waals surface area (Å²) in [6.45, 7) is 5.67. The molecular weight excluding hydrogens is 426 g/mol. The fourth-order valence-corrected chi connectivity index (χ4v) is 4.13. The van der Waals surface area contributed by atoms with Crippen molar-refractivity contribution >= 4 is 8.25 Å². The second-order valence-corrected chi connectivity index (χ2v) is 9.22. The smallest absolute Gasteiger partial charge is 0.119 e. The Bertz CT molecular complexity index is 289. The Labute approximate surface area is 194 Å². The minimum absolute atomic E-state index is 0. The van der Waals surface area contributed by atoms with Crippen LogP contribution in [0.15, 0.2) is 0 Å². The topological polar surface area (TPSA) is 35.5 Å². The van der Waals surface area contributed by atoms with Gasteiger partial charge >= 0.3 is 25.0 Å². The first-order chi connectivity index (χ1) is 13.8. The molecule has 0 aliphatic carbocycles. The van der Waals surface area contributed by atoms with Crippen molar-refractivity contribution in [3.63, 3.8) is 0 Å². The van der Waals surface area contributed by atoms with Gasteiger partial charge in [0.15, 0.2) is 0 Å². The molecule has 3 nitrogen and oxygen atoms in total. The summed E-state index contributed by atoms with van der Waals surface area (Å²) in [5.74, 6) is 0. The van der Waals surface area contributed by atoms with Gasteiger partial charge in [-0.2, -0.15) is 0 Å². The van der Waals surface area contributed by atoms with Gasteiger partial charge < -0.3 is 0 Å². The van der Waals surface area contributed by atoms with E-state index in [2.05, 4.69) is 13.8 Å². The molecule has 0 rings (SSSR count). The third-order valence-electron chi connectivity index (χ3n) is 5.39. The van der Waals surface area contributed by atoms with Crippen molar-refractivity contribution < 1.29 is 30.4 Å². The zero-order valence-corrected chi connectivity index (χ0v) is 21.5. The van der Waals surface area contributed by atoms with E-state index in [0.29, 0.717) is 13.2 Å². The molecule has 0 saturated carbocycles. The molecule has 0 unspecified atom stereocenters. The van der Waals surface area contributed by atoms with Crippen molar-refractivity contribution in [3.05, 3.63) is 0 Å². The van der Waals surface area contributed by atoms with E-state index in [1.54, 1.807) is 0 Å². The van der Waals surface area contributed by atoms with Crippen LogP contribution in [0.4, 0.5) is 0 Å². The molecule has 0 aliphatic heterocycles. The summed E-state index contributed by atoms with van der Waals surface area (Å²) in [5, 5.41) is 0. The maximum atomic E-state index is 11.7. The third kappa shape index (κ3) is 28.5. The molecule has 0 radical (unpaired) electrons. The second-order valence-electron chi connectivity index (χ2n) is 8.25. The Balaban J connectivity index is 0. The molecule has 0 N–H and O–H groups in total. The third-order valence-corrected chi connectivity index (χ3v) is 6.18. The summed E-state index contributed by atoms with van der Waals surface area (Å²) < 4.78 is 22.3. The number of hydrogen-bond acceptors (Lipinski definition) is 3. The van der Waals surface area contributed by atoms with Gasteiger partial charge in [-0.1, -0.05) is 129 Å². The van der Waals surface area contributed by atoms with Gasteiger partial charge in [0.25, 0.3) is 0 Å². The summed E-state index contributed by atoms with van der Waals surface area (Å²) in [6.07, 6.45) is 26.1. The minimum atomic E-state index is -1.90. The molecule has 0 aromatic heterocycles. The van der Waals surface area contributed by atoms with Gasteiger partial charge in [0.1, 0.15) is 13.2 Å². The summed E-state index contributed by atoms with van der Waals surface area (Å²) in [6, 6.07) is 0. The van der Waals surface area contributed by atoms with E-state index in [1.165, 1.54) is 116 Å². The van der Waals surface area contributed by atoms with Crippen molar-refractivity contribution in [1.82, 2.24) is 0 Å². The zero-order chi connectivity index (χ0) is 20.5. The molecule has 0 bridgehead atoms.